The number of amides is 1. The van der Waals surface area contributed by atoms with E-state index in [2.05, 4.69) is 20.4 Å². The fourth-order valence-corrected chi connectivity index (χ4v) is 4.33. The highest BCUT2D eigenvalue weighted by molar-refractivity contribution is 6.31. The molecule has 188 valence electrons. The second-order valence-electron chi connectivity index (χ2n) is 8.18. The number of benzene rings is 2. The molecule has 11 heteroatoms. The van der Waals surface area contributed by atoms with Crippen LogP contribution < -0.4 is 10.1 Å². The molecule has 0 saturated heterocycles. The van der Waals surface area contributed by atoms with E-state index in [0.717, 1.165) is 22.7 Å². The molecule has 4 aromatic rings. The molecule has 4 rings (SSSR count). The zero-order chi connectivity index (χ0) is 26.0. The van der Waals surface area contributed by atoms with Crippen LogP contribution in [0.5, 0.6) is 5.75 Å². The number of alkyl halides is 2. The number of nitrogens with one attached hydrogen (secondary N) is 1. The summed E-state index contributed by atoms with van der Waals surface area (Å²) in [5.74, 6) is -0.999. The summed E-state index contributed by atoms with van der Waals surface area (Å²) < 4.78 is 47.7. The first-order valence-corrected chi connectivity index (χ1v) is 11.5. The van der Waals surface area contributed by atoms with Crippen molar-refractivity contribution in [1.82, 2.24) is 25.1 Å². The maximum atomic E-state index is 14.2. The van der Waals surface area contributed by atoms with Crippen molar-refractivity contribution >= 4 is 28.4 Å². The van der Waals surface area contributed by atoms with Crippen LogP contribution in [0.4, 0.5) is 13.2 Å². The highest BCUT2D eigenvalue weighted by Gasteiger charge is 2.24. The van der Waals surface area contributed by atoms with Crippen LogP contribution in [0, 0.1) is 12.7 Å². The molecule has 0 aliphatic carbocycles. The zero-order valence-electron chi connectivity index (χ0n) is 19.7. The molecule has 0 fully saturated rings. The third kappa shape index (κ3) is 5.13. The van der Waals surface area contributed by atoms with Crippen LogP contribution in [0.15, 0.2) is 42.7 Å². The minimum absolute atomic E-state index is 0.0545. The fourth-order valence-electron chi connectivity index (χ4n) is 4.06. The first-order valence-electron chi connectivity index (χ1n) is 11.1. The van der Waals surface area contributed by atoms with Gasteiger partial charge < -0.3 is 10.1 Å². The van der Waals surface area contributed by atoms with E-state index in [0.29, 0.717) is 22.7 Å². The number of aromatic nitrogens is 4. The minimum atomic E-state index is -3.20. The maximum absolute atomic E-state index is 14.2. The highest BCUT2D eigenvalue weighted by atomic mass is 35.5. The lowest BCUT2D eigenvalue weighted by atomic mass is 9.98. The normalized spacial score (nSPS) is 12.2. The molecule has 36 heavy (non-hydrogen) atoms. The van der Waals surface area contributed by atoms with Gasteiger partial charge in [-0.2, -0.15) is 13.9 Å². The Labute approximate surface area is 210 Å². The first kappa shape index (κ1) is 25.4. The van der Waals surface area contributed by atoms with Gasteiger partial charge in [0.15, 0.2) is 5.82 Å². The fraction of sp³-hybridized carbons (Fsp3) is 0.280. The van der Waals surface area contributed by atoms with Gasteiger partial charge in [-0.25, -0.2) is 19.0 Å². The summed E-state index contributed by atoms with van der Waals surface area (Å²) in [6.45, 7) is 3.43. The van der Waals surface area contributed by atoms with Gasteiger partial charge in [0.1, 0.15) is 30.0 Å². The van der Waals surface area contributed by atoms with Crippen LogP contribution in [0.3, 0.4) is 0 Å². The summed E-state index contributed by atoms with van der Waals surface area (Å²) >= 11 is 6.34. The third-order valence-electron chi connectivity index (χ3n) is 5.75. The molecule has 0 bridgehead atoms. The number of pyridine rings is 1. The summed E-state index contributed by atoms with van der Waals surface area (Å²) in [7, 11) is 1.79. The molecule has 1 amide bonds. The summed E-state index contributed by atoms with van der Waals surface area (Å²) in [5.41, 5.74) is 2.77. The molecule has 0 saturated carbocycles. The molecule has 1 N–H and O–H groups in total. The zero-order valence-corrected chi connectivity index (χ0v) is 20.5. The van der Waals surface area contributed by atoms with Crippen molar-refractivity contribution in [3.63, 3.8) is 0 Å². The van der Waals surface area contributed by atoms with E-state index in [9.17, 15) is 18.0 Å². The lowest BCUT2D eigenvalue weighted by molar-refractivity contribution is -0.132. The molecule has 0 aliphatic rings. The van der Waals surface area contributed by atoms with Crippen molar-refractivity contribution in [3.8, 4) is 17.1 Å². The minimum Gasteiger partial charge on any atom is -0.487 e. The van der Waals surface area contributed by atoms with Crippen molar-refractivity contribution in [1.29, 1.82) is 0 Å². The van der Waals surface area contributed by atoms with Crippen LogP contribution in [-0.4, -0.2) is 32.1 Å². The maximum Gasteiger partial charge on any atom is 0.315 e. The summed E-state index contributed by atoms with van der Waals surface area (Å²) in [5, 5.41) is 7.23. The second kappa shape index (κ2) is 10.5. The summed E-state index contributed by atoms with van der Waals surface area (Å²) in [6, 6.07) is 8.74. The average Bonchev–Trinajstić information content (AvgIpc) is 3.26. The van der Waals surface area contributed by atoms with E-state index in [-0.39, 0.29) is 23.6 Å². The Bertz CT molecular complexity index is 1430. The van der Waals surface area contributed by atoms with Gasteiger partial charge in [0.2, 0.25) is 0 Å². The smallest absolute Gasteiger partial charge is 0.315 e. The van der Waals surface area contributed by atoms with Gasteiger partial charge in [-0.15, -0.1) is 0 Å². The van der Waals surface area contributed by atoms with Crippen molar-refractivity contribution in [2.75, 3.05) is 0 Å². The Balaban J connectivity index is 1.72. The van der Waals surface area contributed by atoms with Crippen LogP contribution in [0.2, 0.25) is 5.02 Å². The summed E-state index contributed by atoms with van der Waals surface area (Å²) in [6.07, 6.45) is -1.50. The molecule has 0 spiro atoms. The number of carbonyl (C=O) groups excluding carboxylic acids is 1. The molecule has 2 aromatic carbocycles. The topological polar surface area (TPSA) is 81.9 Å². The number of nitrogens with zero attached hydrogens (tertiary/aromatic N) is 4. The van der Waals surface area contributed by atoms with Gasteiger partial charge in [-0.1, -0.05) is 30.7 Å². The van der Waals surface area contributed by atoms with Gasteiger partial charge in [-0.05, 0) is 43.2 Å². The number of hydrogen-bond acceptors (Lipinski definition) is 5. The molecule has 0 aliphatic heterocycles. The van der Waals surface area contributed by atoms with Crippen LogP contribution in [0.25, 0.3) is 22.3 Å². The Kier molecular flexibility index (Phi) is 7.44. The van der Waals surface area contributed by atoms with E-state index < -0.39 is 24.2 Å². The van der Waals surface area contributed by atoms with Crippen LogP contribution in [0.1, 0.15) is 36.2 Å². The van der Waals surface area contributed by atoms with Crippen LogP contribution >= 0.6 is 11.6 Å². The number of fused-ring (bicyclic) bond motifs is 1. The number of rotatable bonds is 8. The Morgan fingerprint density at radius 2 is 2.03 bits per heavy atom. The molecule has 7 nitrogen and oxygen atoms in total. The molecule has 2 aromatic heterocycles. The number of ether oxygens (including phenoxy) is 1. The Hall–Kier alpha value is -3.66. The molecule has 0 unspecified atom stereocenters. The predicted molar refractivity (Wildman–Crippen MR) is 129 cm³/mol. The van der Waals surface area contributed by atoms with Gasteiger partial charge >= 0.3 is 6.43 Å². The average molecular weight is 518 g/mol. The molecule has 2 heterocycles. The monoisotopic (exact) mass is 517 g/mol. The summed E-state index contributed by atoms with van der Waals surface area (Å²) in [4.78, 5) is 20.6. The van der Waals surface area contributed by atoms with Gasteiger partial charge in [-0.3, -0.25) is 4.79 Å². The van der Waals surface area contributed by atoms with Gasteiger partial charge in [0.25, 0.3) is 5.91 Å². The molecule has 0 radical (unpaired) electrons. The van der Waals surface area contributed by atoms with Crippen molar-refractivity contribution < 1.29 is 22.7 Å². The van der Waals surface area contributed by atoms with E-state index in [1.807, 2.05) is 19.1 Å². The van der Waals surface area contributed by atoms with Crippen molar-refractivity contribution in [2.45, 2.75) is 39.3 Å². The standard InChI is InChI=1S/C25H23ClF3N5O2/c1-4-20(33-25(35)23(28)29)16-9-14(27)10-19(26)18(16)11-36-21-7-5-6-15-17(8-13(2)32-22(15)21)24-30-12-31-34(24)3/h5-10,12,20,23H,4,11H2,1-3H3,(H,33,35)/t20-/m0/s1. The second-order valence-corrected chi connectivity index (χ2v) is 8.59. The lowest BCUT2D eigenvalue weighted by Crippen LogP contribution is -2.33. The van der Waals surface area contributed by atoms with E-state index in [1.54, 1.807) is 30.8 Å². The van der Waals surface area contributed by atoms with Gasteiger partial charge in [0, 0.05) is 29.3 Å². The molecular formula is C25H23ClF3N5O2. The van der Waals surface area contributed by atoms with Crippen molar-refractivity contribution in [3.05, 3.63) is 70.4 Å². The number of hydrogen-bond donors (Lipinski definition) is 1. The Morgan fingerprint density at radius 3 is 2.69 bits per heavy atom. The lowest BCUT2D eigenvalue weighted by Gasteiger charge is -2.22. The molecule has 1 atom stereocenters. The third-order valence-corrected chi connectivity index (χ3v) is 6.09. The largest absolute Gasteiger partial charge is 0.487 e. The quantitative estimate of drug-likeness (QED) is 0.332. The van der Waals surface area contributed by atoms with Crippen molar-refractivity contribution in [2.24, 2.45) is 7.05 Å². The molecular weight excluding hydrogens is 495 g/mol. The number of para-hydroxylation sites is 1. The number of carbonyl (C=O) groups is 1. The SMILES string of the molecule is CC[C@H](NC(=O)C(F)F)c1cc(F)cc(Cl)c1COc1cccc2c(-c3ncnn3C)cc(C)nc12. The van der Waals surface area contributed by atoms with Crippen LogP contribution in [-0.2, 0) is 18.4 Å². The van der Waals surface area contributed by atoms with E-state index in [1.165, 1.54) is 12.4 Å². The van der Waals surface area contributed by atoms with Gasteiger partial charge in [0.05, 0.1) is 11.1 Å². The Morgan fingerprint density at radius 1 is 1.25 bits per heavy atom. The number of halogens is 4. The van der Waals surface area contributed by atoms with E-state index >= 15 is 0 Å². The highest BCUT2D eigenvalue weighted by Crippen LogP contribution is 2.34. The van der Waals surface area contributed by atoms with E-state index in [4.69, 9.17) is 16.3 Å². The number of aryl methyl sites for hydroxylation is 2. The predicted octanol–water partition coefficient (Wildman–Crippen LogP) is 5.54. The first-order chi connectivity index (χ1) is 17.2.